The highest BCUT2D eigenvalue weighted by Crippen LogP contribution is 2.61. The minimum atomic E-state index is 0.781. The highest BCUT2D eigenvalue weighted by atomic mass is 32.1. The molecule has 0 spiro atoms. The molecule has 2 saturated carbocycles. The van der Waals surface area contributed by atoms with Crippen LogP contribution in [0.5, 0.6) is 0 Å². The Morgan fingerprint density at radius 3 is 2.69 bits per heavy atom. The minimum Gasteiger partial charge on any atom is -0.319 e. The summed E-state index contributed by atoms with van der Waals surface area (Å²) in [7, 11) is 1.98. The van der Waals surface area contributed by atoms with Crippen LogP contribution in [0.3, 0.4) is 0 Å². The Kier molecular flexibility index (Phi) is 2.94. The molecule has 0 bridgehead atoms. The lowest BCUT2D eigenvalue weighted by Crippen LogP contribution is -2.09. The summed E-state index contributed by atoms with van der Waals surface area (Å²) in [6.07, 6.45) is 6.75. The number of fused-ring (bicyclic) bond motifs is 1. The lowest BCUT2D eigenvalue weighted by molar-refractivity contribution is 0.480. The van der Waals surface area contributed by atoms with Crippen molar-refractivity contribution in [2.24, 2.45) is 11.8 Å². The van der Waals surface area contributed by atoms with Crippen molar-refractivity contribution in [3.63, 3.8) is 0 Å². The van der Waals surface area contributed by atoms with E-state index in [9.17, 15) is 0 Å². The molecule has 2 atom stereocenters. The molecule has 2 aliphatic rings. The summed E-state index contributed by atoms with van der Waals surface area (Å²) in [6, 6.07) is 0. The summed E-state index contributed by atoms with van der Waals surface area (Å²) in [4.78, 5) is 0. The second-order valence-electron chi connectivity index (χ2n) is 5.03. The van der Waals surface area contributed by atoms with Gasteiger partial charge in [0.1, 0.15) is 10.0 Å². The Morgan fingerprint density at radius 1 is 1.25 bits per heavy atom. The van der Waals surface area contributed by atoms with Gasteiger partial charge in [0.05, 0.1) is 0 Å². The van der Waals surface area contributed by atoms with E-state index in [1.54, 1.807) is 0 Å². The molecule has 3 nitrogen and oxygen atoms in total. The van der Waals surface area contributed by atoms with Crippen molar-refractivity contribution < 1.29 is 0 Å². The van der Waals surface area contributed by atoms with E-state index in [-0.39, 0.29) is 0 Å². The Hall–Kier alpha value is -0.480. The summed E-state index contributed by atoms with van der Waals surface area (Å²) in [5.41, 5.74) is 0. The van der Waals surface area contributed by atoms with Crippen molar-refractivity contribution in [2.45, 2.75) is 38.0 Å². The molecular formula is C12H19N3S. The molecular weight excluding hydrogens is 218 g/mol. The van der Waals surface area contributed by atoms with Crippen molar-refractivity contribution in [1.29, 1.82) is 0 Å². The van der Waals surface area contributed by atoms with Crippen LogP contribution in [0.2, 0.25) is 0 Å². The van der Waals surface area contributed by atoms with E-state index < -0.39 is 0 Å². The van der Waals surface area contributed by atoms with Crippen LogP contribution in [0.25, 0.3) is 0 Å². The predicted octanol–water partition coefficient (Wildman–Crippen LogP) is 2.20. The maximum Gasteiger partial charge on any atom is 0.121 e. The molecule has 0 radical (unpaired) electrons. The number of likely N-dealkylation sites (N-methyl/N-ethyl adjacent to an activating group) is 1. The Balaban J connectivity index is 1.64. The molecule has 1 aromatic heterocycles. The molecule has 88 valence electrons. The van der Waals surface area contributed by atoms with Crippen LogP contribution in [0, 0.1) is 11.8 Å². The summed E-state index contributed by atoms with van der Waals surface area (Å²) in [5, 5.41) is 14.4. The fraction of sp³-hybridized carbons (Fsp3) is 0.833. The zero-order chi connectivity index (χ0) is 11.0. The Morgan fingerprint density at radius 2 is 2.00 bits per heavy atom. The van der Waals surface area contributed by atoms with Crippen molar-refractivity contribution in [1.82, 2.24) is 15.5 Å². The third kappa shape index (κ3) is 1.89. The van der Waals surface area contributed by atoms with Crippen molar-refractivity contribution in [2.75, 3.05) is 13.6 Å². The van der Waals surface area contributed by atoms with Gasteiger partial charge in [0, 0.05) is 18.9 Å². The zero-order valence-electron chi connectivity index (χ0n) is 9.78. The molecule has 2 aliphatic carbocycles. The van der Waals surface area contributed by atoms with Gasteiger partial charge in [0.15, 0.2) is 0 Å². The van der Waals surface area contributed by atoms with E-state index in [0.717, 1.165) is 30.7 Å². The fourth-order valence-electron chi connectivity index (χ4n) is 3.09. The van der Waals surface area contributed by atoms with E-state index in [0.29, 0.717) is 0 Å². The van der Waals surface area contributed by atoms with Gasteiger partial charge in [0.25, 0.3) is 0 Å². The van der Waals surface area contributed by atoms with Gasteiger partial charge in [-0.25, -0.2) is 0 Å². The van der Waals surface area contributed by atoms with Gasteiger partial charge in [-0.05, 0) is 31.7 Å². The third-order valence-electron chi connectivity index (χ3n) is 4.01. The molecule has 2 unspecified atom stereocenters. The average molecular weight is 237 g/mol. The maximum absolute atomic E-state index is 4.40. The van der Waals surface area contributed by atoms with Crippen molar-refractivity contribution in [3.8, 4) is 0 Å². The highest BCUT2D eigenvalue weighted by molar-refractivity contribution is 7.11. The maximum atomic E-state index is 4.40. The molecule has 0 aromatic carbocycles. The first-order valence-corrected chi connectivity index (χ1v) is 7.18. The summed E-state index contributed by atoms with van der Waals surface area (Å²) in [6.45, 7) is 1.01. The van der Waals surface area contributed by atoms with E-state index in [2.05, 4.69) is 15.5 Å². The van der Waals surface area contributed by atoms with Crippen molar-refractivity contribution in [3.05, 3.63) is 10.0 Å². The fourth-order valence-corrected chi connectivity index (χ4v) is 4.19. The number of nitrogens with one attached hydrogen (secondary N) is 1. The van der Waals surface area contributed by atoms with Crippen LogP contribution >= 0.6 is 11.3 Å². The molecule has 1 aromatic rings. The van der Waals surface area contributed by atoms with Gasteiger partial charge in [-0.1, -0.05) is 12.8 Å². The monoisotopic (exact) mass is 237 g/mol. The number of nitrogens with zero attached hydrogens (tertiary/aromatic N) is 2. The number of hydrogen-bond acceptors (Lipinski definition) is 4. The topological polar surface area (TPSA) is 37.8 Å². The second kappa shape index (κ2) is 4.41. The highest BCUT2D eigenvalue weighted by Gasteiger charge is 2.52. The Labute approximate surface area is 101 Å². The molecule has 2 fully saturated rings. The predicted molar refractivity (Wildman–Crippen MR) is 65.7 cm³/mol. The number of hydrogen-bond donors (Lipinski definition) is 1. The molecule has 1 heterocycles. The van der Waals surface area contributed by atoms with Gasteiger partial charge in [0.2, 0.25) is 0 Å². The van der Waals surface area contributed by atoms with E-state index in [4.69, 9.17) is 0 Å². The molecule has 3 rings (SSSR count). The van der Waals surface area contributed by atoms with Gasteiger partial charge < -0.3 is 5.32 Å². The first kappa shape index (κ1) is 10.7. The van der Waals surface area contributed by atoms with Crippen LogP contribution in [0.1, 0.15) is 41.6 Å². The van der Waals surface area contributed by atoms with Crippen LogP contribution in [0.15, 0.2) is 0 Å². The van der Waals surface area contributed by atoms with Crippen LogP contribution in [-0.4, -0.2) is 23.8 Å². The Bertz CT molecular complexity index is 351. The lowest BCUT2D eigenvalue weighted by atomic mass is 10.0. The molecule has 16 heavy (non-hydrogen) atoms. The first-order valence-electron chi connectivity index (χ1n) is 6.37. The quantitative estimate of drug-likeness (QED) is 0.872. The van der Waals surface area contributed by atoms with E-state index in [1.807, 2.05) is 18.4 Å². The van der Waals surface area contributed by atoms with Crippen LogP contribution < -0.4 is 5.32 Å². The second-order valence-corrected chi connectivity index (χ2v) is 6.12. The minimum absolute atomic E-state index is 0.781. The van der Waals surface area contributed by atoms with E-state index in [1.165, 1.54) is 35.7 Å². The van der Waals surface area contributed by atoms with Crippen LogP contribution in [0.4, 0.5) is 0 Å². The van der Waals surface area contributed by atoms with Gasteiger partial charge in [-0.15, -0.1) is 21.5 Å². The summed E-state index contributed by atoms with van der Waals surface area (Å²) in [5.74, 6) is 2.70. The normalized spacial score (nSPS) is 32.4. The summed E-state index contributed by atoms with van der Waals surface area (Å²) < 4.78 is 0. The van der Waals surface area contributed by atoms with Gasteiger partial charge in [-0.3, -0.25) is 0 Å². The van der Waals surface area contributed by atoms with Crippen molar-refractivity contribution >= 4 is 11.3 Å². The van der Waals surface area contributed by atoms with Gasteiger partial charge in [-0.2, -0.15) is 0 Å². The molecule has 0 aliphatic heterocycles. The third-order valence-corrected chi connectivity index (χ3v) is 5.10. The smallest absolute Gasteiger partial charge is 0.121 e. The molecule has 4 heteroatoms. The van der Waals surface area contributed by atoms with Crippen LogP contribution in [-0.2, 0) is 6.42 Å². The van der Waals surface area contributed by atoms with E-state index >= 15 is 0 Å². The molecule has 1 N–H and O–H groups in total. The van der Waals surface area contributed by atoms with Gasteiger partial charge >= 0.3 is 0 Å². The number of aromatic nitrogens is 2. The first-order chi connectivity index (χ1) is 7.90. The molecule has 0 amide bonds. The summed E-state index contributed by atoms with van der Waals surface area (Å²) >= 11 is 1.85. The largest absolute Gasteiger partial charge is 0.319 e. The number of rotatable bonds is 4. The lowest BCUT2D eigenvalue weighted by Gasteiger charge is -2.04. The molecule has 0 saturated heterocycles. The SMILES string of the molecule is CNCCc1nnc(C2C3CCCCC32)s1. The standard InChI is InChI=1S/C12H19N3S/c1-13-7-6-10-14-15-12(16-10)11-8-4-2-3-5-9(8)11/h8-9,11,13H,2-7H2,1H3. The average Bonchev–Trinajstić information content (AvgIpc) is 2.87. The zero-order valence-corrected chi connectivity index (χ0v) is 10.6.